The van der Waals surface area contributed by atoms with Crippen molar-refractivity contribution in [3.05, 3.63) is 71.4 Å². The summed E-state index contributed by atoms with van der Waals surface area (Å²) in [6, 6.07) is 16.0. The molecule has 7 heteroatoms. The van der Waals surface area contributed by atoms with Gasteiger partial charge in [0.2, 0.25) is 5.91 Å². The molecule has 34 heavy (non-hydrogen) atoms. The molecular formula is C27H30N4O3. The number of benzene rings is 2. The largest absolute Gasteiger partial charge is 0.356 e. The summed E-state index contributed by atoms with van der Waals surface area (Å²) in [5.41, 5.74) is 2.57. The number of fused-ring (bicyclic) bond motifs is 5. The predicted octanol–water partition coefficient (Wildman–Crippen LogP) is 4.11. The number of H-pyrrole nitrogens is 1. The molecular weight excluding hydrogens is 428 g/mol. The number of aromatic amines is 1. The van der Waals surface area contributed by atoms with Crippen molar-refractivity contribution in [2.24, 2.45) is 5.92 Å². The number of urea groups is 1. The van der Waals surface area contributed by atoms with Crippen molar-refractivity contribution < 1.29 is 14.4 Å². The van der Waals surface area contributed by atoms with E-state index in [9.17, 15) is 14.4 Å². The molecule has 176 valence electrons. The maximum atomic E-state index is 14.0. The first-order chi connectivity index (χ1) is 16.2. The first-order valence-electron chi connectivity index (χ1n) is 11.9. The van der Waals surface area contributed by atoms with Gasteiger partial charge in [-0.25, -0.2) is 9.69 Å². The van der Waals surface area contributed by atoms with Gasteiger partial charge in [0.15, 0.2) is 5.54 Å². The zero-order valence-corrected chi connectivity index (χ0v) is 20.0. The third kappa shape index (κ3) is 3.14. The molecule has 2 N–H and O–H groups in total. The molecule has 0 aliphatic carbocycles. The van der Waals surface area contributed by atoms with E-state index in [1.807, 2.05) is 75.4 Å². The Balaban J connectivity index is 1.50. The lowest BCUT2D eigenvalue weighted by molar-refractivity contribution is -0.141. The van der Waals surface area contributed by atoms with Gasteiger partial charge in [0.05, 0.1) is 11.7 Å². The Morgan fingerprint density at radius 3 is 2.41 bits per heavy atom. The summed E-state index contributed by atoms with van der Waals surface area (Å²) in [5.74, 6) is -0.928. The highest BCUT2D eigenvalue weighted by atomic mass is 16.2. The molecule has 2 aliphatic rings. The smallest absolute Gasteiger partial charge is 0.328 e. The quantitative estimate of drug-likeness (QED) is 0.565. The van der Waals surface area contributed by atoms with E-state index in [0.717, 1.165) is 27.7 Å². The molecule has 3 atom stereocenters. The SMILES string of the molecule is CC(C)[C@@H](C(=O)N[C@@H](C)c1ccccc1)N1C(=O)N2CCc3c([nH]c4ccccc34)[C@@]2(C)C1=O. The van der Waals surface area contributed by atoms with Crippen molar-refractivity contribution in [3.63, 3.8) is 0 Å². The third-order valence-corrected chi connectivity index (χ3v) is 7.33. The Hall–Kier alpha value is -3.61. The highest BCUT2D eigenvalue weighted by molar-refractivity contribution is 6.11. The van der Waals surface area contributed by atoms with Gasteiger partial charge in [-0.3, -0.25) is 9.59 Å². The van der Waals surface area contributed by atoms with Gasteiger partial charge in [0.25, 0.3) is 5.91 Å². The number of hydrogen-bond donors (Lipinski definition) is 2. The topological polar surface area (TPSA) is 85.5 Å². The fraction of sp³-hybridized carbons (Fsp3) is 0.370. The zero-order chi connectivity index (χ0) is 24.2. The maximum Gasteiger partial charge on any atom is 0.328 e. The number of carbonyl (C=O) groups is 3. The molecule has 4 amide bonds. The standard InChI is InChI=1S/C27H30N4O3/c1-16(2)22(24(32)28-17(3)18-10-6-5-7-11-18)31-25(33)27(4)23-20(14-15-30(27)26(31)34)19-12-8-9-13-21(19)29-23/h5-13,16-17,22,29H,14-15H2,1-4H3,(H,28,32)/t17-,22-,27-/m0/s1. The summed E-state index contributed by atoms with van der Waals surface area (Å²) in [4.78, 5) is 47.3. The minimum Gasteiger partial charge on any atom is -0.356 e. The number of nitrogens with one attached hydrogen (secondary N) is 2. The van der Waals surface area contributed by atoms with Crippen molar-refractivity contribution in [2.45, 2.75) is 51.7 Å². The Morgan fingerprint density at radius 2 is 1.71 bits per heavy atom. The van der Waals surface area contributed by atoms with Gasteiger partial charge in [-0.05, 0) is 43.4 Å². The number of para-hydroxylation sites is 1. The molecule has 0 spiro atoms. The van der Waals surface area contributed by atoms with Crippen LogP contribution in [-0.4, -0.2) is 45.2 Å². The molecule has 0 bridgehead atoms. The van der Waals surface area contributed by atoms with E-state index in [1.54, 1.807) is 11.8 Å². The van der Waals surface area contributed by atoms with E-state index in [0.29, 0.717) is 13.0 Å². The van der Waals surface area contributed by atoms with Crippen LogP contribution in [0, 0.1) is 5.92 Å². The second kappa shape index (κ2) is 8.01. The van der Waals surface area contributed by atoms with E-state index in [4.69, 9.17) is 0 Å². The summed E-state index contributed by atoms with van der Waals surface area (Å²) in [5, 5.41) is 4.09. The number of nitrogens with zero attached hydrogens (tertiary/aromatic N) is 2. The molecule has 5 rings (SSSR count). The highest BCUT2D eigenvalue weighted by Crippen LogP contribution is 2.45. The molecule has 1 fully saturated rings. The third-order valence-electron chi connectivity index (χ3n) is 7.33. The van der Waals surface area contributed by atoms with E-state index >= 15 is 0 Å². The molecule has 1 saturated heterocycles. The lowest BCUT2D eigenvalue weighted by atomic mass is 9.86. The summed E-state index contributed by atoms with van der Waals surface area (Å²) in [6.45, 7) is 7.86. The van der Waals surface area contributed by atoms with Crippen LogP contribution in [0.2, 0.25) is 0 Å². The van der Waals surface area contributed by atoms with Crippen LogP contribution in [0.4, 0.5) is 4.79 Å². The van der Waals surface area contributed by atoms with Crippen LogP contribution in [0.25, 0.3) is 10.9 Å². The first kappa shape index (κ1) is 22.2. The Labute approximate surface area is 199 Å². The molecule has 0 unspecified atom stereocenters. The van der Waals surface area contributed by atoms with Crippen LogP contribution in [0.1, 0.15) is 50.6 Å². The van der Waals surface area contributed by atoms with Gasteiger partial charge in [-0.2, -0.15) is 0 Å². The van der Waals surface area contributed by atoms with Crippen LogP contribution in [0.3, 0.4) is 0 Å². The van der Waals surface area contributed by atoms with E-state index in [-0.39, 0.29) is 23.8 Å². The van der Waals surface area contributed by atoms with E-state index in [1.165, 1.54) is 4.90 Å². The lowest BCUT2D eigenvalue weighted by Gasteiger charge is -2.36. The minimum atomic E-state index is -1.16. The lowest BCUT2D eigenvalue weighted by Crippen LogP contribution is -2.53. The van der Waals surface area contributed by atoms with Gasteiger partial charge in [0, 0.05) is 17.4 Å². The second-order valence-electron chi connectivity index (χ2n) is 9.79. The van der Waals surface area contributed by atoms with E-state index < -0.39 is 17.6 Å². The Kier molecular flexibility index (Phi) is 5.23. The average Bonchev–Trinajstić information content (AvgIpc) is 3.29. The van der Waals surface area contributed by atoms with Crippen molar-refractivity contribution >= 4 is 28.7 Å². The van der Waals surface area contributed by atoms with Gasteiger partial charge in [0.1, 0.15) is 6.04 Å². The fourth-order valence-electron chi connectivity index (χ4n) is 5.51. The summed E-state index contributed by atoms with van der Waals surface area (Å²) < 4.78 is 0. The number of carbonyl (C=O) groups excluding carboxylic acids is 3. The monoisotopic (exact) mass is 458 g/mol. The number of hydrogen-bond acceptors (Lipinski definition) is 3. The molecule has 1 aromatic heterocycles. The van der Waals surface area contributed by atoms with Crippen LogP contribution in [0.5, 0.6) is 0 Å². The van der Waals surface area contributed by atoms with Crippen LogP contribution >= 0.6 is 0 Å². The normalized spacial score (nSPS) is 21.6. The van der Waals surface area contributed by atoms with Crippen molar-refractivity contribution in [2.75, 3.05) is 6.54 Å². The van der Waals surface area contributed by atoms with Gasteiger partial charge >= 0.3 is 6.03 Å². The first-order valence-corrected chi connectivity index (χ1v) is 11.9. The number of aromatic nitrogens is 1. The van der Waals surface area contributed by atoms with Crippen LogP contribution < -0.4 is 5.32 Å². The van der Waals surface area contributed by atoms with Crippen LogP contribution in [0.15, 0.2) is 54.6 Å². The van der Waals surface area contributed by atoms with Crippen LogP contribution in [-0.2, 0) is 21.5 Å². The molecule has 0 saturated carbocycles. The molecule has 7 nitrogen and oxygen atoms in total. The molecule has 0 radical (unpaired) electrons. The zero-order valence-electron chi connectivity index (χ0n) is 20.0. The minimum absolute atomic E-state index is 0.247. The van der Waals surface area contributed by atoms with Gasteiger partial charge in [-0.15, -0.1) is 0 Å². The summed E-state index contributed by atoms with van der Waals surface area (Å²) in [7, 11) is 0. The van der Waals surface area contributed by atoms with Gasteiger partial charge < -0.3 is 15.2 Å². The predicted molar refractivity (Wildman–Crippen MR) is 130 cm³/mol. The molecule has 3 aromatic rings. The van der Waals surface area contributed by atoms with Gasteiger partial charge in [-0.1, -0.05) is 62.4 Å². The molecule has 3 heterocycles. The highest BCUT2D eigenvalue weighted by Gasteiger charge is 2.61. The van der Waals surface area contributed by atoms with Crippen molar-refractivity contribution in [1.82, 2.24) is 20.1 Å². The summed E-state index contributed by atoms with van der Waals surface area (Å²) >= 11 is 0. The number of imide groups is 1. The number of amides is 4. The average molecular weight is 459 g/mol. The van der Waals surface area contributed by atoms with E-state index in [2.05, 4.69) is 10.3 Å². The molecule has 2 aliphatic heterocycles. The Morgan fingerprint density at radius 1 is 1.03 bits per heavy atom. The Bertz CT molecular complexity index is 1280. The maximum absolute atomic E-state index is 14.0. The summed E-state index contributed by atoms with van der Waals surface area (Å²) in [6.07, 6.45) is 0.658. The number of rotatable bonds is 5. The fourth-order valence-corrected chi connectivity index (χ4v) is 5.51. The molecule has 2 aromatic carbocycles. The second-order valence-corrected chi connectivity index (χ2v) is 9.79. The van der Waals surface area contributed by atoms with Crippen molar-refractivity contribution in [3.8, 4) is 0 Å². The van der Waals surface area contributed by atoms with Crippen molar-refractivity contribution in [1.29, 1.82) is 0 Å².